The number of hydrogen-bond donors (Lipinski definition) is 1. The molecule has 4 heteroatoms. The highest BCUT2D eigenvalue weighted by atomic mass is 19.1. The standard InChI is InChI=1S/C17H18FNO2/c1-3-15(21-16-11-7-5-9-13(16)18)17(20)19-14-10-6-4-8-12(14)2/h4-11,15H,3H2,1-2H3,(H,19,20)/t15-/m0/s1. The van der Waals surface area contributed by atoms with Crippen LogP contribution in [0.2, 0.25) is 0 Å². The molecule has 110 valence electrons. The van der Waals surface area contributed by atoms with E-state index in [1.54, 1.807) is 12.1 Å². The molecule has 1 N–H and O–H groups in total. The maximum absolute atomic E-state index is 13.6. The molecule has 0 unspecified atom stereocenters. The molecule has 2 rings (SSSR count). The zero-order chi connectivity index (χ0) is 15.2. The molecule has 0 aliphatic carbocycles. The summed E-state index contributed by atoms with van der Waals surface area (Å²) in [7, 11) is 0. The van der Waals surface area contributed by atoms with E-state index in [2.05, 4.69) is 5.32 Å². The van der Waals surface area contributed by atoms with Gasteiger partial charge in [-0.25, -0.2) is 4.39 Å². The average Bonchev–Trinajstić information content (AvgIpc) is 2.48. The summed E-state index contributed by atoms with van der Waals surface area (Å²) in [4.78, 5) is 12.3. The van der Waals surface area contributed by atoms with Gasteiger partial charge in [0.25, 0.3) is 5.91 Å². The second kappa shape index (κ2) is 6.88. The third-order valence-corrected chi connectivity index (χ3v) is 3.17. The number of halogens is 1. The highest BCUT2D eigenvalue weighted by Crippen LogP contribution is 2.19. The molecule has 2 aromatic carbocycles. The number of ether oxygens (including phenoxy) is 1. The van der Waals surface area contributed by atoms with Crippen LogP contribution in [0.25, 0.3) is 0 Å². The quantitative estimate of drug-likeness (QED) is 0.905. The Labute approximate surface area is 123 Å². The Bertz CT molecular complexity index is 628. The topological polar surface area (TPSA) is 38.3 Å². The molecule has 0 aromatic heterocycles. The zero-order valence-electron chi connectivity index (χ0n) is 12.1. The van der Waals surface area contributed by atoms with E-state index in [0.29, 0.717) is 6.42 Å². The summed E-state index contributed by atoms with van der Waals surface area (Å²) >= 11 is 0. The molecular formula is C17H18FNO2. The number of para-hydroxylation sites is 2. The first-order chi connectivity index (χ1) is 10.1. The average molecular weight is 287 g/mol. The van der Waals surface area contributed by atoms with E-state index in [-0.39, 0.29) is 11.7 Å². The largest absolute Gasteiger partial charge is 0.478 e. The number of aryl methyl sites for hydroxylation is 1. The number of rotatable bonds is 5. The molecule has 0 aliphatic heterocycles. The summed E-state index contributed by atoms with van der Waals surface area (Å²) in [5, 5.41) is 2.81. The van der Waals surface area contributed by atoms with Gasteiger partial charge in [0.15, 0.2) is 17.7 Å². The van der Waals surface area contributed by atoms with Gasteiger partial charge in [-0.2, -0.15) is 0 Å². The third-order valence-electron chi connectivity index (χ3n) is 3.17. The van der Waals surface area contributed by atoms with E-state index in [4.69, 9.17) is 4.74 Å². The highest BCUT2D eigenvalue weighted by Gasteiger charge is 2.20. The van der Waals surface area contributed by atoms with Crippen LogP contribution >= 0.6 is 0 Å². The molecule has 0 heterocycles. The summed E-state index contributed by atoms with van der Waals surface area (Å²) in [6, 6.07) is 13.6. The molecule has 0 saturated carbocycles. The Hall–Kier alpha value is -2.36. The fourth-order valence-electron chi connectivity index (χ4n) is 1.94. The van der Waals surface area contributed by atoms with Gasteiger partial charge >= 0.3 is 0 Å². The molecule has 21 heavy (non-hydrogen) atoms. The van der Waals surface area contributed by atoms with Gasteiger partial charge in [-0.05, 0) is 37.1 Å². The lowest BCUT2D eigenvalue weighted by Crippen LogP contribution is -2.32. The van der Waals surface area contributed by atoms with Crippen molar-refractivity contribution in [3.63, 3.8) is 0 Å². The zero-order valence-corrected chi connectivity index (χ0v) is 12.1. The molecule has 1 amide bonds. The molecule has 1 atom stereocenters. The third kappa shape index (κ3) is 3.81. The van der Waals surface area contributed by atoms with Crippen LogP contribution in [0.1, 0.15) is 18.9 Å². The van der Waals surface area contributed by atoms with Crippen molar-refractivity contribution in [3.8, 4) is 5.75 Å². The molecule has 0 radical (unpaired) electrons. The van der Waals surface area contributed by atoms with Crippen molar-refractivity contribution >= 4 is 11.6 Å². The first-order valence-electron chi connectivity index (χ1n) is 6.89. The lowest BCUT2D eigenvalue weighted by molar-refractivity contribution is -0.122. The Morgan fingerprint density at radius 1 is 1.19 bits per heavy atom. The minimum atomic E-state index is -0.735. The van der Waals surface area contributed by atoms with Gasteiger partial charge < -0.3 is 10.1 Å². The van der Waals surface area contributed by atoms with Gasteiger partial charge in [0.05, 0.1) is 0 Å². The van der Waals surface area contributed by atoms with Crippen molar-refractivity contribution in [2.45, 2.75) is 26.4 Å². The minimum absolute atomic E-state index is 0.0873. The predicted molar refractivity (Wildman–Crippen MR) is 80.9 cm³/mol. The smallest absolute Gasteiger partial charge is 0.265 e. The van der Waals surface area contributed by atoms with Gasteiger partial charge in [-0.1, -0.05) is 37.3 Å². The predicted octanol–water partition coefficient (Wildman–Crippen LogP) is 3.93. The van der Waals surface area contributed by atoms with Crippen molar-refractivity contribution in [2.75, 3.05) is 5.32 Å². The molecule has 0 fully saturated rings. The summed E-state index contributed by atoms with van der Waals surface area (Å²) in [6.45, 7) is 3.73. The number of benzene rings is 2. The van der Waals surface area contributed by atoms with Crippen LogP contribution in [0, 0.1) is 12.7 Å². The van der Waals surface area contributed by atoms with Crippen LogP contribution in [0.5, 0.6) is 5.75 Å². The van der Waals surface area contributed by atoms with Gasteiger partial charge in [0, 0.05) is 5.69 Å². The first kappa shape index (κ1) is 15.0. The van der Waals surface area contributed by atoms with Crippen LogP contribution in [-0.2, 0) is 4.79 Å². The van der Waals surface area contributed by atoms with E-state index in [1.807, 2.05) is 38.1 Å². The number of carbonyl (C=O) groups is 1. The number of nitrogens with one attached hydrogen (secondary N) is 1. The summed E-state index contributed by atoms with van der Waals surface area (Å²) in [5.74, 6) is -0.668. The van der Waals surface area contributed by atoms with Crippen molar-refractivity contribution in [1.82, 2.24) is 0 Å². The highest BCUT2D eigenvalue weighted by molar-refractivity contribution is 5.94. The van der Waals surface area contributed by atoms with Crippen molar-refractivity contribution in [1.29, 1.82) is 0 Å². The normalized spacial score (nSPS) is 11.8. The fraction of sp³-hybridized carbons (Fsp3) is 0.235. The first-order valence-corrected chi connectivity index (χ1v) is 6.89. The monoisotopic (exact) mass is 287 g/mol. The maximum Gasteiger partial charge on any atom is 0.265 e. The number of hydrogen-bond acceptors (Lipinski definition) is 2. The van der Waals surface area contributed by atoms with Gasteiger partial charge in [0.1, 0.15) is 0 Å². The SMILES string of the molecule is CC[C@H](Oc1ccccc1F)C(=O)Nc1ccccc1C. The maximum atomic E-state index is 13.6. The number of amides is 1. The Morgan fingerprint density at radius 2 is 1.86 bits per heavy atom. The van der Waals surface area contributed by atoms with Crippen molar-refractivity contribution in [2.24, 2.45) is 0 Å². The van der Waals surface area contributed by atoms with Gasteiger partial charge in [-0.3, -0.25) is 4.79 Å². The van der Waals surface area contributed by atoms with Crippen LogP contribution in [-0.4, -0.2) is 12.0 Å². The van der Waals surface area contributed by atoms with Crippen LogP contribution in [0.3, 0.4) is 0 Å². The van der Waals surface area contributed by atoms with Crippen LogP contribution < -0.4 is 10.1 Å². The summed E-state index contributed by atoms with van der Waals surface area (Å²) in [5.41, 5.74) is 1.70. The van der Waals surface area contributed by atoms with Crippen LogP contribution in [0.4, 0.5) is 10.1 Å². The van der Waals surface area contributed by atoms with Crippen LogP contribution in [0.15, 0.2) is 48.5 Å². The molecule has 0 aliphatic rings. The second-order valence-corrected chi connectivity index (χ2v) is 4.75. The van der Waals surface area contributed by atoms with E-state index < -0.39 is 11.9 Å². The fourth-order valence-corrected chi connectivity index (χ4v) is 1.94. The van der Waals surface area contributed by atoms with Gasteiger partial charge in [-0.15, -0.1) is 0 Å². The Morgan fingerprint density at radius 3 is 2.52 bits per heavy atom. The van der Waals surface area contributed by atoms with E-state index in [0.717, 1.165) is 11.3 Å². The van der Waals surface area contributed by atoms with E-state index in [1.165, 1.54) is 12.1 Å². The van der Waals surface area contributed by atoms with Crippen molar-refractivity contribution < 1.29 is 13.9 Å². The second-order valence-electron chi connectivity index (χ2n) is 4.75. The Balaban J connectivity index is 2.09. The van der Waals surface area contributed by atoms with Gasteiger partial charge in [0.2, 0.25) is 0 Å². The van der Waals surface area contributed by atoms with E-state index >= 15 is 0 Å². The van der Waals surface area contributed by atoms with E-state index in [9.17, 15) is 9.18 Å². The lowest BCUT2D eigenvalue weighted by Gasteiger charge is -2.18. The molecule has 0 spiro atoms. The molecule has 0 bridgehead atoms. The minimum Gasteiger partial charge on any atom is -0.478 e. The molecule has 2 aromatic rings. The Kier molecular flexibility index (Phi) is 4.93. The molecule has 0 saturated heterocycles. The summed E-state index contributed by atoms with van der Waals surface area (Å²) < 4.78 is 19.1. The number of anilines is 1. The lowest BCUT2D eigenvalue weighted by atomic mass is 10.2. The number of carbonyl (C=O) groups excluding carboxylic acids is 1. The van der Waals surface area contributed by atoms with Crippen molar-refractivity contribution in [3.05, 3.63) is 59.9 Å². The molecule has 3 nitrogen and oxygen atoms in total. The summed E-state index contributed by atoms with van der Waals surface area (Å²) in [6.07, 6.45) is -0.284. The molecular weight excluding hydrogens is 269 g/mol.